The minimum atomic E-state index is -0.114. The van der Waals surface area contributed by atoms with Gasteiger partial charge in [0, 0.05) is 0 Å². The third-order valence-corrected chi connectivity index (χ3v) is 5.29. The topological polar surface area (TPSA) is 37.4 Å². The van der Waals surface area contributed by atoms with Crippen LogP contribution in [0.1, 0.15) is 17.5 Å². The van der Waals surface area contributed by atoms with Gasteiger partial charge in [0.25, 0.3) is 0 Å². The average molecular weight is 267 g/mol. The van der Waals surface area contributed by atoms with Crippen molar-refractivity contribution >= 4 is 17.5 Å². The monoisotopic (exact) mass is 267 g/mol. The highest BCUT2D eigenvalue weighted by atomic mass is 16.2. The summed E-state index contributed by atoms with van der Waals surface area (Å²) in [5.41, 5.74) is 2.91. The van der Waals surface area contributed by atoms with Gasteiger partial charge in [-0.2, -0.15) is 0 Å². The Balaban J connectivity index is 1.80. The molecule has 2 fully saturated rings. The Labute approximate surface area is 118 Å². The second-order valence-corrected chi connectivity index (χ2v) is 6.23. The third kappa shape index (κ3) is 1.30. The number of carbonyl (C=O) groups excluding carboxylic acids is 2. The van der Waals surface area contributed by atoms with Crippen LogP contribution >= 0.6 is 0 Å². The molecule has 0 radical (unpaired) electrons. The summed E-state index contributed by atoms with van der Waals surface area (Å²) in [7, 11) is 0. The molecule has 1 aromatic rings. The fraction of sp³-hybridized carbons (Fsp3) is 0.412. The van der Waals surface area contributed by atoms with Crippen LogP contribution in [0.3, 0.4) is 0 Å². The van der Waals surface area contributed by atoms with E-state index in [2.05, 4.69) is 12.2 Å². The number of hydrogen-bond donors (Lipinski definition) is 0. The number of hydrogen-bond acceptors (Lipinski definition) is 2. The Morgan fingerprint density at radius 3 is 2.20 bits per heavy atom. The van der Waals surface area contributed by atoms with Crippen molar-refractivity contribution in [3.63, 3.8) is 0 Å². The van der Waals surface area contributed by atoms with Gasteiger partial charge >= 0.3 is 0 Å². The van der Waals surface area contributed by atoms with Crippen LogP contribution in [0.5, 0.6) is 0 Å². The van der Waals surface area contributed by atoms with Crippen molar-refractivity contribution in [3.05, 3.63) is 41.5 Å². The average Bonchev–Trinajstić information content (AvgIpc) is 3.09. The first-order valence-electron chi connectivity index (χ1n) is 7.22. The maximum Gasteiger partial charge on any atom is 0.238 e. The molecule has 1 heterocycles. The van der Waals surface area contributed by atoms with Crippen LogP contribution in [-0.4, -0.2) is 11.8 Å². The molecule has 3 nitrogen and oxygen atoms in total. The molecule has 2 amide bonds. The van der Waals surface area contributed by atoms with Crippen molar-refractivity contribution in [2.45, 2.75) is 20.3 Å². The number of fused-ring (bicyclic) bond motifs is 5. The fourth-order valence-electron chi connectivity index (χ4n) is 4.12. The molecule has 3 heteroatoms. The zero-order chi connectivity index (χ0) is 14.0. The van der Waals surface area contributed by atoms with Crippen molar-refractivity contribution < 1.29 is 9.59 Å². The van der Waals surface area contributed by atoms with Gasteiger partial charge in [0.05, 0.1) is 17.5 Å². The Hall–Kier alpha value is -1.90. The van der Waals surface area contributed by atoms with Gasteiger partial charge in [0.15, 0.2) is 0 Å². The zero-order valence-electron chi connectivity index (χ0n) is 11.7. The number of nitrogens with zero attached hydrogens (tertiary/aromatic N) is 1. The molecule has 1 aliphatic heterocycles. The van der Waals surface area contributed by atoms with Crippen molar-refractivity contribution in [1.29, 1.82) is 0 Å². The Bertz CT molecular complexity index is 631. The Kier molecular flexibility index (Phi) is 2.27. The minimum absolute atomic E-state index is 0.00514. The van der Waals surface area contributed by atoms with Crippen LogP contribution in [0, 0.1) is 37.5 Å². The van der Waals surface area contributed by atoms with Crippen molar-refractivity contribution in [1.82, 2.24) is 0 Å². The van der Waals surface area contributed by atoms with E-state index >= 15 is 0 Å². The maximum absolute atomic E-state index is 12.7. The van der Waals surface area contributed by atoms with Crippen LogP contribution in [0.2, 0.25) is 0 Å². The largest absolute Gasteiger partial charge is 0.274 e. The van der Waals surface area contributed by atoms with Crippen LogP contribution in [0.25, 0.3) is 0 Å². The van der Waals surface area contributed by atoms with E-state index in [1.54, 1.807) is 0 Å². The normalized spacial score (nSPS) is 34.2. The van der Waals surface area contributed by atoms with E-state index in [9.17, 15) is 9.59 Å². The Morgan fingerprint density at radius 2 is 1.60 bits per heavy atom. The van der Waals surface area contributed by atoms with E-state index in [0.29, 0.717) is 0 Å². The molecule has 20 heavy (non-hydrogen) atoms. The zero-order valence-corrected chi connectivity index (χ0v) is 11.7. The summed E-state index contributed by atoms with van der Waals surface area (Å²) in [6, 6.07) is 5.81. The van der Waals surface area contributed by atoms with E-state index in [4.69, 9.17) is 0 Å². The Morgan fingerprint density at radius 1 is 1.00 bits per heavy atom. The van der Waals surface area contributed by atoms with Gasteiger partial charge < -0.3 is 0 Å². The number of amides is 2. The number of allylic oxidation sites excluding steroid dienone is 2. The van der Waals surface area contributed by atoms with E-state index in [-0.39, 0.29) is 35.5 Å². The molecule has 0 unspecified atom stereocenters. The molecule has 1 saturated heterocycles. The van der Waals surface area contributed by atoms with Crippen LogP contribution in [0.4, 0.5) is 5.69 Å². The van der Waals surface area contributed by atoms with Crippen LogP contribution in [0.15, 0.2) is 30.4 Å². The number of imide groups is 1. The molecule has 0 spiro atoms. The molecule has 2 bridgehead atoms. The number of benzene rings is 1. The van der Waals surface area contributed by atoms with Crippen molar-refractivity contribution in [2.75, 3.05) is 4.90 Å². The summed E-state index contributed by atoms with van der Waals surface area (Å²) in [5, 5.41) is 0. The lowest BCUT2D eigenvalue weighted by Crippen LogP contribution is -2.33. The van der Waals surface area contributed by atoms with E-state index in [0.717, 1.165) is 23.2 Å². The predicted molar refractivity (Wildman–Crippen MR) is 76.1 cm³/mol. The molecule has 1 saturated carbocycles. The number of aryl methyl sites for hydroxylation is 1. The number of carbonyl (C=O) groups is 2. The van der Waals surface area contributed by atoms with Crippen molar-refractivity contribution in [3.8, 4) is 0 Å². The number of anilines is 1. The molecular weight excluding hydrogens is 250 g/mol. The molecule has 2 aliphatic carbocycles. The van der Waals surface area contributed by atoms with E-state index < -0.39 is 0 Å². The maximum atomic E-state index is 12.7. The minimum Gasteiger partial charge on any atom is -0.274 e. The van der Waals surface area contributed by atoms with Crippen LogP contribution < -0.4 is 4.90 Å². The second-order valence-electron chi connectivity index (χ2n) is 6.23. The van der Waals surface area contributed by atoms with Gasteiger partial charge in [-0.05, 0) is 49.3 Å². The van der Waals surface area contributed by atoms with Gasteiger partial charge in [-0.25, -0.2) is 4.90 Å². The van der Waals surface area contributed by atoms with E-state index in [1.807, 2.05) is 32.0 Å². The van der Waals surface area contributed by atoms with E-state index in [1.165, 1.54) is 4.90 Å². The first-order valence-corrected chi connectivity index (χ1v) is 7.22. The fourth-order valence-corrected chi connectivity index (χ4v) is 4.12. The quantitative estimate of drug-likeness (QED) is 0.579. The highest BCUT2D eigenvalue weighted by Crippen LogP contribution is 2.53. The number of rotatable bonds is 1. The van der Waals surface area contributed by atoms with Gasteiger partial charge in [0.2, 0.25) is 11.8 Å². The summed E-state index contributed by atoms with van der Waals surface area (Å²) in [4.78, 5) is 26.9. The molecule has 0 N–H and O–H groups in total. The highest BCUT2D eigenvalue weighted by Gasteiger charge is 2.59. The molecule has 3 aliphatic rings. The summed E-state index contributed by atoms with van der Waals surface area (Å²) >= 11 is 0. The lowest BCUT2D eigenvalue weighted by molar-refractivity contribution is -0.123. The molecule has 4 rings (SSSR count). The SMILES string of the molecule is Cc1cccc(N2C(=O)[C@@H]3[C@H](C2=O)[C@H]2C=C[C@H]3C2)c1C. The van der Waals surface area contributed by atoms with Gasteiger partial charge in [-0.15, -0.1) is 0 Å². The molecule has 4 atom stereocenters. The third-order valence-electron chi connectivity index (χ3n) is 5.29. The molecule has 0 aromatic heterocycles. The lowest BCUT2D eigenvalue weighted by atomic mass is 9.85. The summed E-state index contributed by atoms with van der Waals surface area (Å²) in [5.74, 6) is 0.332. The summed E-state index contributed by atoms with van der Waals surface area (Å²) in [6.07, 6.45) is 5.24. The van der Waals surface area contributed by atoms with Gasteiger partial charge in [-0.3, -0.25) is 9.59 Å². The summed E-state index contributed by atoms with van der Waals surface area (Å²) < 4.78 is 0. The predicted octanol–water partition coefficient (Wildman–Crippen LogP) is 2.61. The van der Waals surface area contributed by atoms with Crippen LogP contribution in [-0.2, 0) is 9.59 Å². The highest BCUT2D eigenvalue weighted by molar-refractivity contribution is 6.23. The molecule has 102 valence electrons. The summed E-state index contributed by atoms with van der Waals surface area (Å²) in [6.45, 7) is 3.99. The standard InChI is InChI=1S/C17H17NO2/c1-9-4-3-5-13(10(9)2)18-16(19)14-11-6-7-12(8-11)15(14)17(18)20/h3-7,11-12,14-15H,8H2,1-2H3/t11-,12-,14-,15+/m0/s1. The van der Waals surface area contributed by atoms with Gasteiger partial charge in [-0.1, -0.05) is 24.3 Å². The lowest BCUT2D eigenvalue weighted by Gasteiger charge is -2.20. The molecular formula is C17H17NO2. The molecule has 1 aromatic carbocycles. The first kappa shape index (κ1) is 11.9. The first-order chi connectivity index (χ1) is 9.59. The van der Waals surface area contributed by atoms with Crippen molar-refractivity contribution in [2.24, 2.45) is 23.7 Å². The van der Waals surface area contributed by atoms with Gasteiger partial charge in [0.1, 0.15) is 0 Å². The smallest absolute Gasteiger partial charge is 0.238 e. The second kappa shape index (κ2) is 3.81.